The lowest BCUT2D eigenvalue weighted by molar-refractivity contribution is 0.386. The maximum Gasteiger partial charge on any atom is 0.175 e. The van der Waals surface area contributed by atoms with Gasteiger partial charge in [-0.15, -0.1) is 11.3 Å². The van der Waals surface area contributed by atoms with E-state index in [1.54, 1.807) is 11.3 Å². The number of nitrogen functional groups attached to an aromatic ring is 1. The Hall–Kier alpha value is -2.07. The lowest BCUT2D eigenvalue weighted by Gasteiger charge is -2.04. The molecule has 102 valence electrons. The normalized spacial score (nSPS) is 10.8. The average Bonchev–Trinajstić information content (AvgIpc) is 3.07. The van der Waals surface area contributed by atoms with Gasteiger partial charge >= 0.3 is 0 Å². The highest BCUT2D eigenvalue weighted by Crippen LogP contribution is 2.33. The number of anilines is 1. The largest absolute Gasteiger partial charge is 0.380 e. The molecule has 0 saturated carbocycles. The fourth-order valence-electron chi connectivity index (χ4n) is 2.33. The van der Waals surface area contributed by atoms with Crippen LogP contribution < -0.4 is 5.73 Å². The van der Waals surface area contributed by atoms with E-state index in [1.165, 1.54) is 11.1 Å². The molecule has 0 aliphatic rings. The van der Waals surface area contributed by atoms with Crippen LogP contribution in [0.2, 0.25) is 0 Å². The number of aromatic nitrogens is 1. The van der Waals surface area contributed by atoms with Crippen LogP contribution in [-0.2, 0) is 12.8 Å². The number of hydrogen-bond acceptors (Lipinski definition) is 4. The summed E-state index contributed by atoms with van der Waals surface area (Å²) in [5, 5.41) is 5.95. The van der Waals surface area contributed by atoms with Crippen molar-refractivity contribution in [1.29, 1.82) is 0 Å². The molecule has 3 nitrogen and oxygen atoms in total. The van der Waals surface area contributed by atoms with Crippen LogP contribution in [0.4, 0.5) is 5.82 Å². The second kappa shape index (κ2) is 5.51. The summed E-state index contributed by atoms with van der Waals surface area (Å²) in [5.74, 6) is 1.35. The summed E-state index contributed by atoms with van der Waals surface area (Å²) in [6.07, 6.45) is 1.74. The van der Waals surface area contributed by atoms with Gasteiger partial charge in [0.25, 0.3) is 0 Å². The Morgan fingerprint density at radius 1 is 1.15 bits per heavy atom. The van der Waals surface area contributed by atoms with Gasteiger partial charge in [0.05, 0.1) is 5.56 Å². The molecule has 0 spiro atoms. The van der Waals surface area contributed by atoms with E-state index in [0.29, 0.717) is 5.82 Å². The van der Waals surface area contributed by atoms with E-state index in [9.17, 15) is 0 Å². The van der Waals surface area contributed by atoms with Crippen molar-refractivity contribution in [3.63, 3.8) is 0 Å². The predicted octanol–water partition coefficient (Wildman–Crippen LogP) is 4.08. The van der Waals surface area contributed by atoms with E-state index in [4.69, 9.17) is 10.3 Å². The molecule has 0 saturated heterocycles. The lowest BCUT2D eigenvalue weighted by atomic mass is 10.0. The summed E-state index contributed by atoms with van der Waals surface area (Å²) in [5.41, 5.74) is 9.52. The Balaban J connectivity index is 1.84. The standard InChI is InChI=1S/C16H16N2OS/c1-11-5-2-3-6-12(11)8-9-13-15(16(17)18-19-13)14-7-4-10-20-14/h2-7,10H,8-9H2,1H3,(H2,17,18). The number of nitrogens with zero attached hydrogens (tertiary/aromatic N) is 1. The molecule has 2 aromatic heterocycles. The summed E-state index contributed by atoms with van der Waals surface area (Å²) in [4.78, 5) is 1.11. The molecule has 0 atom stereocenters. The fourth-order valence-corrected chi connectivity index (χ4v) is 3.13. The Bertz CT molecular complexity index is 701. The van der Waals surface area contributed by atoms with Gasteiger partial charge in [-0.05, 0) is 35.9 Å². The Morgan fingerprint density at radius 3 is 2.75 bits per heavy atom. The van der Waals surface area contributed by atoms with E-state index in [2.05, 4.69) is 36.3 Å². The maximum absolute atomic E-state index is 5.93. The highest BCUT2D eigenvalue weighted by molar-refractivity contribution is 7.13. The molecule has 1 aromatic carbocycles. The predicted molar refractivity (Wildman–Crippen MR) is 82.8 cm³/mol. The molecule has 0 radical (unpaired) electrons. The van der Waals surface area contributed by atoms with E-state index >= 15 is 0 Å². The first-order valence-corrected chi connectivity index (χ1v) is 7.46. The summed E-state index contributed by atoms with van der Waals surface area (Å²) in [6.45, 7) is 2.13. The van der Waals surface area contributed by atoms with Gasteiger partial charge in [0.15, 0.2) is 5.82 Å². The van der Waals surface area contributed by atoms with Gasteiger partial charge in [0, 0.05) is 11.3 Å². The van der Waals surface area contributed by atoms with E-state index in [0.717, 1.165) is 29.0 Å². The molecule has 0 bridgehead atoms. The minimum Gasteiger partial charge on any atom is -0.380 e. The third-order valence-electron chi connectivity index (χ3n) is 3.44. The molecule has 20 heavy (non-hydrogen) atoms. The number of benzene rings is 1. The zero-order valence-corrected chi connectivity index (χ0v) is 12.1. The fraction of sp³-hybridized carbons (Fsp3) is 0.188. The second-order valence-electron chi connectivity index (χ2n) is 4.77. The smallest absolute Gasteiger partial charge is 0.175 e. The number of thiophene rings is 1. The van der Waals surface area contributed by atoms with Gasteiger partial charge in [0.2, 0.25) is 0 Å². The van der Waals surface area contributed by atoms with Gasteiger partial charge < -0.3 is 10.3 Å². The van der Waals surface area contributed by atoms with E-state index in [1.807, 2.05) is 17.5 Å². The van der Waals surface area contributed by atoms with Crippen LogP contribution in [-0.4, -0.2) is 5.16 Å². The van der Waals surface area contributed by atoms with Crippen molar-refractivity contribution >= 4 is 17.2 Å². The average molecular weight is 284 g/mol. The zero-order valence-electron chi connectivity index (χ0n) is 11.3. The minimum atomic E-state index is 0.479. The topological polar surface area (TPSA) is 52.0 Å². The van der Waals surface area contributed by atoms with Crippen LogP contribution in [0.5, 0.6) is 0 Å². The van der Waals surface area contributed by atoms with Crippen molar-refractivity contribution in [3.05, 3.63) is 58.7 Å². The summed E-state index contributed by atoms with van der Waals surface area (Å²) in [7, 11) is 0. The third kappa shape index (κ3) is 2.47. The van der Waals surface area contributed by atoms with Gasteiger partial charge in [-0.1, -0.05) is 35.5 Å². The number of aryl methyl sites for hydroxylation is 3. The summed E-state index contributed by atoms with van der Waals surface area (Å²) in [6, 6.07) is 12.5. The van der Waals surface area contributed by atoms with Crippen LogP contribution in [0.25, 0.3) is 10.4 Å². The van der Waals surface area contributed by atoms with Crippen LogP contribution >= 0.6 is 11.3 Å². The van der Waals surface area contributed by atoms with Crippen molar-refractivity contribution in [1.82, 2.24) is 5.16 Å². The van der Waals surface area contributed by atoms with Crippen molar-refractivity contribution in [2.24, 2.45) is 0 Å². The zero-order chi connectivity index (χ0) is 13.9. The van der Waals surface area contributed by atoms with Gasteiger partial charge in [-0.2, -0.15) is 0 Å². The Morgan fingerprint density at radius 2 is 2.00 bits per heavy atom. The summed E-state index contributed by atoms with van der Waals surface area (Å²) >= 11 is 1.65. The Kier molecular flexibility index (Phi) is 3.56. The van der Waals surface area contributed by atoms with Crippen LogP contribution in [0.15, 0.2) is 46.3 Å². The Labute approximate surface area is 122 Å². The minimum absolute atomic E-state index is 0.479. The number of nitrogens with two attached hydrogens (primary N) is 1. The van der Waals surface area contributed by atoms with Crippen molar-refractivity contribution in [2.75, 3.05) is 5.73 Å². The first kappa shape index (κ1) is 12.9. The molecule has 3 aromatic rings. The molecule has 0 fully saturated rings. The second-order valence-corrected chi connectivity index (χ2v) is 5.72. The first-order chi connectivity index (χ1) is 9.75. The van der Waals surface area contributed by atoms with Crippen molar-refractivity contribution < 1.29 is 4.52 Å². The molecule has 4 heteroatoms. The molecular weight excluding hydrogens is 268 g/mol. The van der Waals surface area contributed by atoms with Gasteiger partial charge in [0.1, 0.15) is 5.76 Å². The molecule has 3 rings (SSSR count). The van der Waals surface area contributed by atoms with Crippen LogP contribution in [0.1, 0.15) is 16.9 Å². The van der Waals surface area contributed by atoms with Gasteiger partial charge in [-0.25, -0.2) is 0 Å². The maximum atomic E-state index is 5.93. The monoisotopic (exact) mass is 284 g/mol. The first-order valence-electron chi connectivity index (χ1n) is 6.58. The molecule has 2 heterocycles. The molecule has 2 N–H and O–H groups in total. The third-order valence-corrected chi connectivity index (χ3v) is 4.33. The SMILES string of the molecule is Cc1ccccc1CCc1onc(N)c1-c1cccs1. The highest BCUT2D eigenvalue weighted by atomic mass is 32.1. The summed E-state index contributed by atoms with van der Waals surface area (Å²) < 4.78 is 5.41. The number of hydrogen-bond donors (Lipinski definition) is 1. The lowest BCUT2D eigenvalue weighted by Crippen LogP contribution is -1.95. The molecule has 0 amide bonds. The van der Waals surface area contributed by atoms with Crippen molar-refractivity contribution in [2.45, 2.75) is 19.8 Å². The molecular formula is C16H16N2OS. The molecule has 0 aliphatic heterocycles. The van der Waals surface area contributed by atoms with E-state index < -0.39 is 0 Å². The molecule has 0 unspecified atom stereocenters. The van der Waals surface area contributed by atoms with E-state index in [-0.39, 0.29) is 0 Å². The molecule has 0 aliphatic carbocycles. The van der Waals surface area contributed by atoms with Gasteiger partial charge in [-0.3, -0.25) is 0 Å². The van der Waals surface area contributed by atoms with Crippen LogP contribution in [0, 0.1) is 6.92 Å². The van der Waals surface area contributed by atoms with Crippen molar-refractivity contribution in [3.8, 4) is 10.4 Å². The highest BCUT2D eigenvalue weighted by Gasteiger charge is 2.16. The quantitative estimate of drug-likeness (QED) is 0.785. The van der Waals surface area contributed by atoms with Crippen LogP contribution in [0.3, 0.4) is 0 Å². The number of rotatable bonds is 4.